The Bertz CT molecular complexity index is 390. The highest BCUT2D eigenvalue weighted by Gasteiger charge is 2.17. The maximum Gasteiger partial charge on any atom is 0.151 e. The first-order chi connectivity index (χ1) is 7.11. The Kier molecular flexibility index (Phi) is 4.54. The molecule has 0 N–H and O–H groups in total. The third kappa shape index (κ3) is 2.69. The first kappa shape index (κ1) is 12.5. The van der Waals surface area contributed by atoms with Crippen LogP contribution in [0.5, 0.6) is 0 Å². The van der Waals surface area contributed by atoms with Crippen LogP contribution >= 0.6 is 27.7 Å². The molecule has 0 aromatic heterocycles. The lowest BCUT2D eigenvalue weighted by atomic mass is 10.0. The monoisotopic (exact) mass is 286 g/mol. The van der Waals surface area contributed by atoms with Gasteiger partial charge in [0.15, 0.2) is 6.29 Å². The fourth-order valence-electron chi connectivity index (χ4n) is 1.31. The van der Waals surface area contributed by atoms with E-state index in [9.17, 15) is 9.59 Å². The van der Waals surface area contributed by atoms with Gasteiger partial charge in [0.25, 0.3) is 0 Å². The molecule has 1 unspecified atom stereocenters. The molecule has 0 aliphatic rings. The number of hydrogen-bond acceptors (Lipinski definition) is 3. The van der Waals surface area contributed by atoms with Gasteiger partial charge in [0.2, 0.25) is 0 Å². The molecule has 0 aliphatic heterocycles. The van der Waals surface area contributed by atoms with E-state index in [4.69, 9.17) is 0 Å². The second-order valence-corrected chi connectivity index (χ2v) is 4.82. The minimum Gasteiger partial charge on any atom is -0.298 e. The Labute approximate surface area is 102 Å². The zero-order valence-electron chi connectivity index (χ0n) is 8.49. The standard InChI is InChI=1S/C11H11BrO2S/c1-7(14)11(12)8-4-3-5-10(15-2)9(8)6-13/h3-6,11H,1-2H3. The van der Waals surface area contributed by atoms with E-state index in [-0.39, 0.29) is 5.78 Å². The number of ketones is 1. The smallest absolute Gasteiger partial charge is 0.151 e. The van der Waals surface area contributed by atoms with Crippen LogP contribution in [0.15, 0.2) is 23.1 Å². The molecule has 0 heterocycles. The van der Waals surface area contributed by atoms with Crippen LogP contribution < -0.4 is 0 Å². The zero-order chi connectivity index (χ0) is 11.4. The van der Waals surface area contributed by atoms with Gasteiger partial charge in [0.05, 0.1) is 4.83 Å². The maximum absolute atomic E-state index is 11.2. The van der Waals surface area contributed by atoms with E-state index in [1.54, 1.807) is 6.07 Å². The Morgan fingerprint density at radius 2 is 2.20 bits per heavy atom. The summed E-state index contributed by atoms with van der Waals surface area (Å²) >= 11 is 4.79. The molecule has 2 nitrogen and oxygen atoms in total. The number of halogens is 1. The molecule has 15 heavy (non-hydrogen) atoms. The number of hydrogen-bond donors (Lipinski definition) is 0. The minimum atomic E-state index is -0.398. The predicted octanol–water partition coefficient (Wildman–Crippen LogP) is 3.25. The van der Waals surface area contributed by atoms with Gasteiger partial charge >= 0.3 is 0 Å². The summed E-state index contributed by atoms with van der Waals surface area (Å²) in [6, 6.07) is 5.52. The molecule has 1 aromatic carbocycles. The van der Waals surface area contributed by atoms with E-state index in [1.807, 2.05) is 18.4 Å². The zero-order valence-corrected chi connectivity index (χ0v) is 10.9. The van der Waals surface area contributed by atoms with Crippen molar-refractivity contribution in [2.45, 2.75) is 16.6 Å². The molecule has 4 heteroatoms. The second-order valence-electron chi connectivity index (χ2n) is 3.05. The predicted molar refractivity (Wildman–Crippen MR) is 66.0 cm³/mol. The Hall–Kier alpha value is -0.610. The molecular formula is C11H11BrO2S. The van der Waals surface area contributed by atoms with Gasteiger partial charge in [-0.25, -0.2) is 0 Å². The Morgan fingerprint density at radius 1 is 1.53 bits per heavy atom. The summed E-state index contributed by atoms with van der Waals surface area (Å²) in [5.74, 6) is -0.00338. The van der Waals surface area contributed by atoms with Crippen molar-refractivity contribution in [3.8, 4) is 0 Å². The van der Waals surface area contributed by atoms with Crippen LogP contribution in [-0.2, 0) is 4.79 Å². The third-order valence-corrected chi connectivity index (χ3v) is 4.00. The van der Waals surface area contributed by atoms with Crippen molar-refractivity contribution in [1.29, 1.82) is 0 Å². The normalized spacial score (nSPS) is 12.2. The fraction of sp³-hybridized carbons (Fsp3) is 0.273. The van der Waals surface area contributed by atoms with E-state index >= 15 is 0 Å². The van der Waals surface area contributed by atoms with E-state index in [1.165, 1.54) is 18.7 Å². The summed E-state index contributed by atoms with van der Waals surface area (Å²) in [4.78, 5) is 22.7. The van der Waals surface area contributed by atoms with Crippen LogP contribution in [0.1, 0.15) is 27.7 Å². The largest absolute Gasteiger partial charge is 0.298 e. The van der Waals surface area contributed by atoms with E-state index < -0.39 is 4.83 Å². The van der Waals surface area contributed by atoms with Gasteiger partial charge in [-0.1, -0.05) is 28.1 Å². The number of carbonyl (C=O) groups is 2. The average Bonchev–Trinajstić information content (AvgIpc) is 2.26. The van der Waals surface area contributed by atoms with Gasteiger partial charge in [-0.15, -0.1) is 11.8 Å². The highest BCUT2D eigenvalue weighted by Crippen LogP contribution is 2.31. The lowest BCUT2D eigenvalue weighted by Gasteiger charge is -2.11. The van der Waals surface area contributed by atoms with E-state index in [0.29, 0.717) is 5.56 Å². The van der Waals surface area contributed by atoms with Crippen molar-refractivity contribution >= 4 is 39.8 Å². The number of Topliss-reactive ketones (excluding diaryl/α,β-unsaturated/α-hetero) is 1. The first-order valence-electron chi connectivity index (χ1n) is 4.38. The summed E-state index contributed by atoms with van der Waals surface area (Å²) < 4.78 is 0. The molecule has 1 atom stereocenters. The molecule has 1 rings (SSSR count). The van der Waals surface area contributed by atoms with Crippen LogP contribution in [-0.4, -0.2) is 18.3 Å². The first-order valence-corrected chi connectivity index (χ1v) is 6.52. The number of thioether (sulfide) groups is 1. The van der Waals surface area contributed by atoms with Gasteiger partial charge in [-0.05, 0) is 24.8 Å². The lowest BCUT2D eigenvalue weighted by Crippen LogP contribution is -2.05. The lowest BCUT2D eigenvalue weighted by molar-refractivity contribution is -0.116. The van der Waals surface area contributed by atoms with Crippen molar-refractivity contribution in [1.82, 2.24) is 0 Å². The van der Waals surface area contributed by atoms with Crippen molar-refractivity contribution in [3.63, 3.8) is 0 Å². The number of aldehydes is 1. The highest BCUT2D eigenvalue weighted by atomic mass is 79.9. The maximum atomic E-state index is 11.2. The summed E-state index contributed by atoms with van der Waals surface area (Å²) in [5, 5.41) is 0. The van der Waals surface area contributed by atoms with E-state index in [2.05, 4.69) is 15.9 Å². The summed E-state index contributed by atoms with van der Waals surface area (Å²) in [5.41, 5.74) is 1.34. The number of alkyl halides is 1. The molecule has 0 fully saturated rings. The van der Waals surface area contributed by atoms with Gasteiger partial charge in [0.1, 0.15) is 5.78 Å². The number of benzene rings is 1. The van der Waals surface area contributed by atoms with Crippen LogP contribution in [0.25, 0.3) is 0 Å². The molecule has 1 aromatic rings. The molecule has 0 radical (unpaired) electrons. The molecule has 0 aliphatic carbocycles. The van der Waals surface area contributed by atoms with Crippen molar-refractivity contribution < 1.29 is 9.59 Å². The molecule has 80 valence electrons. The molecule has 0 amide bonds. The van der Waals surface area contributed by atoms with Crippen LogP contribution in [0.4, 0.5) is 0 Å². The quantitative estimate of drug-likeness (QED) is 0.484. The van der Waals surface area contributed by atoms with Gasteiger partial charge in [0, 0.05) is 10.5 Å². The Balaban J connectivity index is 3.28. The highest BCUT2D eigenvalue weighted by molar-refractivity contribution is 9.09. The molecule has 0 saturated heterocycles. The summed E-state index contributed by atoms with van der Waals surface area (Å²) in [7, 11) is 0. The third-order valence-electron chi connectivity index (χ3n) is 2.07. The average molecular weight is 287 g/mol. The van der Waals surface area contributed by atoms with Crippen LogP contribution in [0.2, 0.25) is 0 Å². The molecule has 0 saturated carbocycles. The number of carbonyl (C=O) groups excluding carboxylic acids is 2. The van der Waals surface area contributed by atoms with Gasteiger partial charge in [-0.3, -0.25) is 9.59 Å². The van der Waals surface area contributed by atoms with E-state index in [0.717, 1.165) is 16.7 Å². The molecular weight excluding hydrogens is 276 g/mol. The Morgan fingerprint density at radius 3 is 2.67 bits per heavy atom. The van der Waals surface area contributed by atoms with Crippen LogP contribution in [0, 0.1) is 0 Å². The topological polar surface area (TPSA) is 34.1 Å². The van der Waals surface area contributed by atoms with Gasteiger partial charge < -0.3 is 0 Å². The summed E-state index contributed by atoms with van der Waals surface area (Å²) in [6.07, 6.45) is 2.71. The SMILES string of the molecule is CSc1cccc(C(Br)C(C)=O)c1C=O. The van der Waals surface area contributed by atoms with Crippen LogP contribution in [0.3, 0.4) is 0 Å². The van der Waals surface area contributed by atoms with Crippen molar-refractivity contribution in [2.24, 2.45) is 0 Å². The second kappa shape index (κ2) is 5.47. The van der Waals surface area contributed by atoms with Crippen molar-refractivity contribution in [2.75, 3.05) is 6.26 Å². The minimum absolute atomic E-state index is 0.00338. The summed E-state index contributed by atoms with van der Waals surface area (Å²) in [6.45, 7) is 1.50. The fourth-order valence-corrected chi connectivity index (χ4v) is 2.30. The molecule has 0 bridgehead atoms. The van der Waals surface area contributed by atoms with Crippen molar-refractivity contribution in [3.05, 3.63) is 29.3 Å². The molecule has 0 spiro atoms. The number of rotatable bonds is 4. The van der Waals surface area contributed by atoms with Gasteiger partial charge in [-0.2, -0.15) is 0 Å².